The molecule has 8 rings (SSSR count). The van der Waals surface area contributed by atoms with Gasteiger partial charge in [-0.25, -0.2) is 10.0 Å². The van der Waals surface area contributed by atoms with Gasteiger partial charge in [-0.3, -0.25) is 5.10 Å². The fraction of sp³-hybridized carbons (Fsp3) is 0.0500. The zero-order valence-corrected chi connectivity index (χ0v) is 21.4. The summed E-state index contributed by atoms with van der Waals surface area (Å²) in [4.78, 5) is 3.22. The molecular weight excluding hydrogens is 560 g/mol. The molecule has 0 radical (unpaired) electrons. The van der Waals surface area contributed by atoms with Crippen LogP contribution < -0.4 is 20.3 Å². The lowest BCUT2D eigenvalue weighted by Crippen LogP contribution is -2.56. The van der Waals surface area contributed by atoms with E-state index in [-0.39, 0.29) is 0 Å². The van der Waals surface area contributed by atoms with Gasteiger partial charge in [-0.05, 0) is 41.3 Å². The molecule has 0 bridgehead atoms. The molecule has 0 spiro atoms. The Morgan fingerprint density at radius 1 is 0.925 bits per heavy atom. The summed E-state index contributed by atoms with van der Waals surface area (Å²) < 4.78 is 19.4. The highest BCUT2D eigenvalue weighted by molar-refractivity contribution is 7.04. The Bertz CT molecular complexity index is 1700. The van der Waals surface area contributed by atoms with E-state index in [9.17, 15) is 0 Å². The standard InChI is InChI=1S/C20H14N16O2S2/c1-2-12(21-6-1)18-19(27-30-26-18)20(13-4-8-37-28-13)33(14-3-7-22-23-14)35(15-5-9-39-29-15)36(16-10-38-31-24-16)34(20)17-11-40-32-25-17/h1-11,21H,(H,22,23)(H,26,27,30). The van der Waals surface area contributed by atoms with Crippen LogP contribution in [0, 0.1) is 0 Å². The van der Waals surface area contributed by atoms with Crippen molar-refractivity contribution in [1.29, 1.82) is 0 Å². The molecule has 3 N–H and O–H groups in total. The topological polar surface area (TPSA) is 203 Å². The van der Waals surface area contributed by atoms with Gasteiger partial charge in [0.05, 0.1) is 17.3 Å². The second-order valence-corrected chi connectivity index (χ2v) is 9.47. The third-order valence-electron chi connectivity index (χ3n) is 6.16. The van der Waals surface area contributed by atoms with Crippen LogP contribution >= 0.6 is 23.1 Å². The molecule has 40 heavy (non-hydrogen) atoms. The van der Waals surface area contributed by atoms with E-state index in [0.717, 1.165) is 0 Å². The van der Waals surface area contributed by atoms with Crippen molar-refractivity contribution >= 4 is 46.3 Å². The molecule has 1 fully saturated rings. The maximum atomic E-state index is 5.44. The van der Waals surface area contributed by atoms with Crippen molar-refractivity contribution in [1.82, 2.24) is 60.1 Å². The predicted octanol–water partition coefficient (Wildman–Crippen LogP) is 2.19. The summed E-state index contributed by atoms with van der Waals surface area (Å²) in [5.41, 5.74) is 0.533. The van der Waals surface area contributed by atoms with Crippen LogP contribution in [0.4, 0.5) is 23.3 Å². The average molecular weight is 575 g/mol. The summed E-state index contributed by atoms with van der Waals surface area (Å²) in [7, 11) is 0. The van der Waals surface area contributed by atoms with E-state index in [1.807, 2.05) is 28.6 Å². The zero-order chi connectivity index (χ0) is 26.5. The van der Waals surface area contributed by atoms with Crippen LogP contribution in [0.3, 0.4) is 0 Å². The fourth-order valence-electron chi connectivity index (χ4n) is 4.72. The molecule has 7 aromatic rings. The zero-order valence-electron chi connectivity index (χ0n) is 19.8. The lowest BCUT2D eigenvalue weighted by molar-refractivity contribution is 0.383. The maximum Gasteiger partial charge on any atom is 0.250 e. The second-order valence-electron chi connectivity index (χ2n) is 8.19. The van der Waals surface area contributed by atoms with Crippen molar-refractivity contribution in [2.75, 3.05) is 20.3 Å². The summed E-state index contributed by atoms with van der Waals surface area (Å²) in [6.07, 6.45) is 6.30. The number of anilines is 4. The van der Waals surface area contributed by atoms with E-state index >= 15 is 0 Å². The normalized spacial score (nSPS) is 17.4. The summed E-state index contributed by atoms with van der Waals surface area (Å²) in [6, 6.07) is 9.13. The maximum absolute atomic E-state index is 5.44. The highest BCUT2D eigenvalue weighted by atomic mass is 32.1. The SMILES string of the molecule is c1c[nH]c(-c2n[nH]nc2C2(c3ccon3)N(c3csnn3)N(c3conn3)N(c3ccsn3)N2c2ccn[nH]2)c1. The molecule has 0 amide bonds. The molecule has 18 nitrogen and oxygen atoms in total. The van der Waals surface area contributed by atoms with Crippen LogP contribution in [0.5, 0.6) is 0 Å². The highest BCUT2D eigenvalue weighted by Crippen LogP contribution is 2.52. The van der Waals surface area contributed by atoms with Crippen LogP contribution in [-0.2, 0) is 5.66 Å². The number of hydrogen-bond donors (Lipinski definition) is 3. The molecule has 0 saturated carbocycles. The molecule has 8 heterocycles. The van der Waals surface area contributed by atoms with Gasteiger partial charge in [0, 0.05) is 29.0 Å². The fourth-order valence-corrected chi connectivity index (χ4v) is 5.62. The molecule has 1 saturated heterocycles. The lowest BCUT2D eigenvalue weighted by Gasteiger charge is -2.38. The first-order valence-electron chi connectivity index (χ1n) is 11.5. The monoisotopic (exact) mass is 574 g/mol. The number of aromatic nitrogens is 12. The first-order chi connectivity index (χ1) is 19.9. The van der Waals surface area contributed by atoms with Gasteiger partial charge < -0.3 is 14.0 Å². The highest BCUT2D eigenvalue weighted by Gasteiger charge is 2.65. The molecule has 1 aliphatic rings. The van der Waals surface area contributed by atoms with Crippen LogP contribution in [-0.4, -0.2) is 60.1 Å². The largest absolute Gasteiger partial charge is 0.364 e. The van der Waals surface area contributed by atoms with Gasteiger partial charge in [0.2, 0.25) is 11.5 Å². The van der Waals surface area contributed by atoms with Crippen molar-refractivity contribution in [3.63, 3.8) is 0 Å². The minimum Gasteiger partial charge on any atom is -0.364 e. The van der Waals surface area contributed by atoms with E-state index in [1.54, 1.807) is 45.2 Å². The summed E-state index contributed by atoms with van der Waals surface area (Å²) >= 11 is 2.44. The van der Waals surface area contributed by atoms with Crippen LogP contribution in [0.25, 0.3) is 11.4 Å². The Labute approximate surface area is 230 Å². The molecule has 7 aromatic heterocycles. The average Bonchev–Trinajstić information content (AvgIpc) is 3.85. The summed E-state index contributed by atoms with van der Waals surface area (Å²) in [6.45, 7) is 0. The number of rotatable bonds is 7. The molecule has 1 unspecified atom stereocenters. The van der Waals surface area contributed by atoms with Crippen molar-refractivity contribution in [2.24, 2.45) is 0 Å². The number of H-pyrrole nitrogens is 3. The lowest BCUT2D eigenvalue weighted by atomic mass is 9.96. The molecule has 1 atom stereocenters. The first-order valence-corrected chi connectivity index (χ1v) is 13.1. The molecule has 20 heteroatoms. The van der Waals surface area contributed by atoms with Crippen molar-refractivity contribution < 1.29 is 9.05 Å². The van der Waals surface area contributed by atoms with Crippen LogP contribution in [0.15, 0.2) is 75.1 Å². The molecule has 0 aromatic carbocycles. The number of hydrazine groups is 3. The van der Waals surface area contributed by atoms with Gasteiger partial charge in [-0.2, -0.15) is 24.9 Å². The van der Waals surface area contributed by atoms with Crippen molar-refractivity contribution in [3.8, 4) is 11.4 Å². The van der Waals surface area contributed by atoms with Crippen molar-refractivity contribution in [2.45, 2.75) is 5.66 Å². The number of aromatic amines is 3. The van der Waals surface area contributed by atoms with E-state index in [0.29, 0.717) is 46.0 Å². The Hall–Kier alpha value is -5.63. The molecular formula is C20H14N16O2S2. The smallest absolute Gasteiger partial charge is 0.250 e. The minimum atomic E-state index is -1.51. The van der Waals surface area contributed by atoms with Gasteiger partial charge >= 0.3 is 0 Å². The van der Waals surface area contributed by atoms with Crippen LogP contribution in [0.2, 0.25) is 0 Å². The van der Waals surface area contributed by atoms with Gasteiger partial charge in [-0.15, -0.1) is 15.3 Å². The van der Waals surface area contributed by atoms with E-state index in [1.165, 1.54) is 35.6 Å². The van der Waals surface area contributed by atoms with E-state index in [4.69, 9.17) is 14.1 Å². The van der Waals surface area contributed by atoms with Gasteiger partial charge in [-0.1, -0.05) is 14.7 Å². The van der Waals surface area contributed by atoms with Crippen molar-refractivity contribution in [3.05, 3.63) is 77.4 Å². The quantitative estimate of drug-likeness (QED) is 0.250. The second kappa shape index (κ2) is 8.71. The predicted molar refractivity (Wildman–Crippen MR) is 138 cm³/mol. The Morgan fingerprint density at radius 3 is 2.60 bits per heavy atom. The third kappa shape index (κ3) is 3.04. The molecule has 198 valence electrons. The van der Waals surface area contributed by atoms with E-state index in [2.05, 4.69) is 55.0 Å². The molecule has 0 aliphatic carbocycles. The number of nitrogens with one attached hydrogen (secondary N) is 3. The number of nitrogens with zero attached hydrogens (tertiary/aromatic N) is 13. The minimum absolute atomic E-state index is 0.292. The van der Waals surface area contributed by atoms with Crippen LogP contribution in [0.1, 0.15) is 11.4 Å². The molecule has 1 aliphatic heterocycles. The number of hydrogen-bond acceptors (Lipinski definition) is 17. The Morgan fingerprint density at radius 2 is 1.90 bits per heavy atom. The summed E-state index contributed by atoms with van der Waals surface area (Å²) in [5.74, 6) is 1.76. The Balaban J connectivity index is 1.54. The third-order valence-corrected chi connectivity index (χ3v) is 7.20. The van der Waals surface area contributed by atoms with Gasteiger partial charge in [0.25, 0.3) is 0 Å². The Kier molecular flexibility index (Phi) is 4.87. The van der Waals surface area contributed by atoms with E-state index < -0.39 is 5.66 Å². The summed E-state index contributed by atoms with van der Waals surface area (Å²) in [5, 5.41) is 46.9. The van der Waals surface area contributed by atoms with Gasteiger partial charge in [0.1, 0.15) is 29.2 Å². The first kappa shape index (κ1) is 22.4. The van der Waals surface area contributed by atoms with Gasteiger partial charge in [0.15, 0.2) is 17.9 Å².